The normalized spacial score (nSPS) is 12.6. The zero-order valence-electron chi connectivity index (χ0n) is 11.2. The molecule has 0 radical (unpaired) electrons. The number of aromatic nitrogens is 2. The highest BCUT2D eigenvalue weighted by molar-refractivity contribution is 5.55. The molecular formula is C14H18FN3O. The molecule has 0 saturated carbocycles. The number of aryl methyl sites for hydroxylation is 1. The van der Waals surface area contributed by atoms with Crippen LogP contribution in [0, 0.1) is 12.7 Å². The molecule has 5 heteroatoms. The van der Waals surface area contributed by atoms with Crippen molar-refractivity contribution in [2.75, 3.05) is 0 Å². The third-order valence-electron chi connectivity index (χ3n) is 2.86. The van der Waals surface area contributed by atoms with Crippen LogP contribution in [0.25, 0.3) is 11.4 Å². The molecule has 1 aromatic carbocycles. The lowest BCUT2D eigenvalue weighted by Gasteiger charge is -2.05. The van der Waals surface area contributed by atoms with Crippen molar-refractivity contribution in [2.24, 2.45) is 5.73 Å². The maximum absolute atomic E-state index is 13.3. The smallest absolute Gasteiger partial charge is 0.228 e. The van der Waals surface area contributed by atoms with E-state index in [-0.39, 0.29) is 11.9 Å². The van der Waals surface area contributed by atoms with Gasteiger partial charge >= 0.3 is 0 Å². The number of nitrogens with two attached hydrogens (primary N) is 1. The summed E-state index contributed by atoms with van der Waals surface area (Å²) in [4.78, 5) is 4.26. The molecule has 1 aromatic heterocycles. The third-order valence-corrected chi connectivity index (χ3v) is 2.86. The lowest BCUT2D eigenvalue weighted by atomic mass is 10.1. The first-order valence-corrected chi connectivity index (χ1v) is 6.44. The van der Waals surface area contributed by atoms with Crippen molar-refractivity contribution in [3.05, 3.63) is 35.5 Å². The molecule has 0 spiro atoms. The van der Waals surface area contributed by atoms with E-state index in [1.165, 1.54) is 12.1 Å². The highest BCUT2D eigenvalue weighted by Crippen LogP contribution is 2.19. The number of rotatable bonds is 5. The van der Waals surface area contributed by atoms with Gasteiger partial charge < -0.3 is 10.3 Å². The van der Waals surface area contributed by atoms with Crippen molar-refractivity contribution < 1.29 is 8.91 Å². The van der Waals surface area contributed by atoms with Crippen LogP contribution in [-0.2, 0) is 6.42 Å². The van der Waals surface area contributed by atoms with Gasteiger partial charge in [-0.25, -0.2) is 4.39 Å². The van der Waals surface area contributed by atoms with E-state index in [0.717, 1.165) is 18.4 Å². The Morgan fingerprint density at radius 3 is 2.84 bits per heavy atom. The van der Waals surface area contributed by atoms with Crippen LogP contribution in [0.3, 0.4) is 0 Å². The van der Waals surface area contributed by atoms with Crippen LogP contribution in [-0.4, -0.2) is 16.2 Å². The molecule has 0 bridgehead atoms. The van der Waals surface area contributed by atoms with Gasteiger partial charge in [0.15, 0.2) is 0 Å². The first kappa shape index (κ1) is 13.7. The summed E-state index contributed by atoms with van der Waals surface area (Å²) >= 11 is 0. The number of hydrogen-bond donors (Lipinski definition) is 1. The van der Waals surface area contributed by atoms with Crippen molar-refractivity contribution in [3.63, 3.8) is 0 Å². The molecule has 0 amide bonds. The van der Waals surface area contributed by atoms with Crippen LogP contribution < -0.4 is 5.73 Å². The molecule has 0 aliphatic heterocycles. The van der Waals surface area contributed by atoms with E-state index < -0.39 is 0 Å². The number of halogens is 1. The van der Waals surface area contributed by atoms with E-state index >= 15 is 0 Å². The topological polar surface area (TPSA) is 64.9 Å². The summed E-state index contributed by atoms with van der Waals surface area (Å²) in [7, 11) is 0. The van der Waals surface area contributed by atoms with Crippen LogP contribution in [0.1, 0.15) is 31.2 Å². The third kappa shape index (κ3) is 3.61. The zero-order chi connectivity index (χ0) is 13.8. The predicted molar refractivity (Wildman–Crippen MR) is 71.0 cm³/mol. The maximum atomic E-state index is 13.3. The minimum Gasteiger partial charge on any atom is -0.339 e. The Morgan fingerprint density at radius 2 is 2.16 bits per heavy atom. The van der Waals surface area contributed by atoms with Gasteiger partial charge in [-0.3, -0.25) is 0 Å². The van der Waals surface area contributed by atoms with Gasteiger partial charge in [0.05, 0.1) is 0 Å². The molecule has 1 atom stereocenters. The van der Waals surface area contributed by atoms with Crippen LogP contribution in [0.2, 0.25) is 0 Å². The number of benzene rings is 1. The fourth-order valence-electron chi connectivity index (χ4n) is 2.02. The van der Waals surface area contributed by atoms with Crippen LogP contribution >= 0.6 is 0 Å². The molecule has 0 saturated heterocycles. The summed E-state index contributed by atoms with van der Waals surface area (Å²) in [6.07, 6.45) is 2.48. The van der Waals surface area contributed by atoms with Crippen molar-refractivity contribution in [3.8, 4) is 11.4 Å². The quantitative estimate of drug-likeness (QED) is 0.900. The van der Waals surface area contributed by atoms with Gasteiger partial charge in [0.25, 0.3) is 0 Å². The Balaban J connectivity index is 2.16. The highest BCUT2D eigenvalue weighted by atomic mass is 19.1. The second-order valence-corrected chi connectivity index (χ2v) is 4.78. The van der Waals surface area contributed by atoms with Crippen molar-refractivity contribution >= 4 is 0 Å². The molecule has 0 aliphatic carbocycles. The van der Waals surface area contributed by atoms with E-state index in [1.807, 2.05) is 13.0 Å². The van der Waals surface area contributed by atoms with Gasteiger partial charge in [-0.2, -0.15) is 4.98 Å². The predicted octanol–water partition coefficient (Wildman–Crippen LogP) is 2.85. The van der Waals surface area contributed by atoms with Gasteiger partial charge in [-0.05, 0) is 37.1 Å². The largest absolute Gasteiger partial charge is 0.339 e. The average molecular weight is 263 g/mol. The average Bonchev–Trinajstić information content (AvgIpc) is 2.76. The summed E-state index contributed by atoms with van der Waals surface area (Å²) in [5.74, 6) is 0.600. The SMILES string of the molecule is CCCC(N)Cc1nc(-c2cc(C)cc(F)c2)no1. The minimum absolute atomic E-state index is 0.0209. The molecule has 4 nitrogen and oxygen atoms in total. The summed E-state index contributed by atoms with van der Waals surface area (Å²) < 4.78 is 18.5. The first-order chi connectivity index (χ1) is 9.08. The fourth-order valence-corrected chi connectivity index (χ4v) is 2.02. The van der Waals surface area contributed by atoms with Crippen molar-refractivity contribution in [1.82, 2.24) is 10.1 Å². The second kappa shape index (κ2) is 5.93. The Labute approximate surface area is 111 Å². The molecule has 0 fully saturated rings. The molecule has 2 N–H and O–H groups in total. The summed E-state index contributed by atoms with van der Waals surface area (Å²) in [5, 5.41) is 3.87. The van der Waals surface area contributed by atoms with E-state index in [1.54, 1.807) is 0 Å². The van der Waals surface area contributed by atoms with E-state index in [9.17, 15) is 4.39 Å². The van der Waals surface area contributed by atoms with Gasteiger partial charge in [0.1, 0.15) is 5.82 Å². The lowest BCUT2D eigenvalue weighted by Crippen LogP contribution is -2.22. The van der Waals surface area contributed by atoms with Gasteiger partial charge in [-0.1, -0.05) is 18.5 Å². The van der Waals surface area contributed by atoms with Crippen LogP contribution in [0.5, 0.6) is 0 Å². The molecule has 2 aromatic rings. The molecule has 0 aliphatic rings. The molecular weight excluding hydrogens is 245 g/mol. The summed E-state index contributed by atoms with van der Waals surface area (Å²) in [6.45, 7) is 3.90. The number of hydrogen-bond acceptors (Lipinski definition) is 4. The van der Waals surface area contributed by atoms with E-state index in [4.69, 9.17) is 10.3 Å². The molecule has 102 valence electrons. The molecule has 1 unspecified atom stereocenters. The Bertz CT molecular complexity index is 533. The monoisotopic (exact) mass is 263 g/mol. The van der Waals surface area contributed by atoms with E-state index in [0.29, 0.717) is 23.7 Å². The fraction of sp³-hybridized carbons (Fsp3) is 0.429. The second-order valence-electron chi connectivity index (χ2n) is 4.78. The van der Waals surface area contributed by atoms with Gasteiger partial charge in [0, 0.05) is 18.0 Å². The van der Waals surface area contributed by atoms with Crippen LogP contribution in [0.15, 0.2) is 22.7 Å². The Hall–Kier alpha value is -1.75. The first-order valence-electron chi connectivity index (χ1n) is 6.44. The molecule has 1 heterocycles. The number of nitrogens with zero attached hydrogens (tertiary/aromatic N) is 2. The molecule has 2 rings (SSSR count). The lowest BCUT2D eigenvalue weighted by molar-refractivity contribution is 0.366. The van der Waals surface area contributed by atoms with E-state index in [2.05, 4.69) is 17.1 Å². The Morgan fingerprint density at radius 1 is 1.37 bits per heavy atom. The maximum Gasteiger partial charge on any atom is 0.228 e. The summed E-state index contributed by atoms with van der Waals surface area (Å²) in [5.41, 5.74) is 7.37. The zero-order valence-corrected chi connectivity index (χ0v) is 11.2. The van der Waals surface area contributed by atoms with Crippen LogP contribution in [0.4, 0.5) is 4.39 Å². The minimum atomic E-state index is -0.302. The molecule has 19 heavy (non-hydrogen) atoms. The van der Waals surface area contributed by atoms with Crippen molar-refractivity contribution in [1.29, 1.82) is 0 Å². The van der Waals surface area contributed by atoms with Gasteiger partial charge in [0.2, 0.25) is 11.7 Å². The van der Waals surface area contributed by atoms with Crippen molar-refractivity contribution in [2.45, 2.75) is 39.2 Å². The summed E-state index contributed by atoms with van der Waals surface area (Å²) in [6, 6.07) is 4.70. The van der Waals surface area contributed by atoms with Gasteiger partial charge in [-0.15, -0.1) is 0 Å². The standard InChI is InChI=1S/C14H18FN3O/c1-3-4-12(16)8-13-17-14(18-19-13)10-5-9(2)6-11(15)7-10/h5-7,12H,3-4,8,16H2,1-2H3. The Kier molecular flexibility index (Phi) is 4.27. The highest BCUT2D eigenvalue weighted by Gasteiger charge is 2.12.